The number of halogens is 1. The molecule has 0 unspecified atom stereocenters. The predicted octanol–water partition coefficient (Wildman–Crippen LogP) is 3.29. The number of hydrogen-bond donors (Lipinski definition) is 1. The van der Waals surface area contributed by atoms with Crippen molar-refractivity contribution < 1.29 is 13.9 Å². The zero-order valence-corrected chi connectivity index (χ0v) is 13.4. The van der Waals surface area contributed by atoms with Crippen molar-refractivity contribution in [2.45, 2.75) is 13.5 Å². The van der Waals surface area contributed by atoms with Crippen LogP contribution >= 0.6 is 0 Å². The standard InChI is InChI=1S/C18H21FN2O2/c1-3-23-17-7-5-4-6-16(17)20-12-18(22)21(2)13-14-8-10-15(19)11-9-14/h4-11,20H,3,12-13H2,1-2H3. The molecule has 23 heavy (non-hydrogen) atoms. The van der Waals surface area contributed by atoms with Gasteiger partial charge in [0.1, 0.15) is 11.6 Å². The van der Waals surface area contributed by atoms with Gasteiger partial charge in [0.15, 0.2) is 0 Å². The minimum absolute atomic E-state index is 0.0550. The first kappa shape index (κ1) is 16.8. The molecule has 5 heteroatoms. The van der Waals surface area contributed by atoms with Crippen LogP contribution in [-0.2, 0) is 11.3 Å². The molecule has 0 saturated heterocycles. The highest BCUT2D eigenvalue weighted by molar-refractivity contribution is 5.81. The number of hydrogen-bond acceptors (Lipinski definition) is 3. The number of rotatable bonds is 7. The normalized spacial score (nSPS) is 10.2. The molecule has 4 nitrogen and oxygen atoms in total. The van der Waals surface area contributed by atoms with Gasteiger partial charge in [-0.1, -0.05) is 24.3 Å². The van der Waals surface area contributed by atoms with E-state index in [1.54, 1.807) is 24.1 Å². The van der Waals surface area contributed by atoms with E-state index in [0.29, 0.717) is 13.2 Å². The van der Waals surface area contributed by atoms with Crippen molar-refractivity contribution in [2.24, 2.45) is 0 Å². The fourth-order valence-electron chi connectivity index (χ4n) is 2.15. The Balaban J connectivity index is 1.90. The van der Waals surface area contributed by atoms with Gasteiger partial charge in [-0.15, -0.1) is 0 Å². The molecule has 2 rings (SSSR count). The number of nitrogens with one attached hydrogen (secondary N) is 1. The number of para-hydroxylation sites is 2. The van der Waals surface area contributed by atoms with Gasteiger partial charge in [-0.25, -0.2) is 4.39 Å². The number of anilines is 1. The lowest BCUT2D eigenvalue weighted by molar-refractivity contribution is -0.128. The van der Waals surface area contributed by atoms with Crippen LogP contribution in [0.15, 0.2) is 48.5 Å². The summed E-state index contributed by atoms with van der Waals surface area (Å²) < 4.78 is 18.4. The molecule has 1 N–H and O–H groups in total. The molecule has 122 valence electrons. The predicted molar refractivity (Wildman–Crippen MR) is 89.0 cm³/mol. The zero-order valence-electron chi connectivity index (χ0n) is 13.4. The van der Waals surface area contributed by atoms with E-state index in [9.17, 15) is 9.18 Å². The Labute approximate surface area is 135 Å². The van der Waals surface area contributed by atoms with E-state index in [0.717, 1.165) is 17.0 Å². The smallest absolute Gasteiger partial charge is 0.241 e. The molecule has 0 radical (unpaired) electrons. The maximum atomic E-state index is 12.9. The lowest BCUT2D eigenvalue weighted by atomic mass is 10.2. The molecule has 2 aromatic carbocycles. The Morgan fingerprint density at radius 3 is 2.57 bits per heavy atom. The summed E-state index contributed by atoms with van der Waals surface area (Å²) in [7, 11) is 1.72. The Bertz CT molecular complexity index is 644. The molecule has 0 heterocycles. The third-order valence-corrected chi connectivity index (χ3v) is 3.38. The third kappa shape index (κ3) is 4.98. The van der Waals surface area contributed by atoms with Gasteiger partial charge in [0.05, 0.1) is 18.8 Å². The molecule has 0 aliphatic carbocycles. The molecular formula is C18H21FN2O2. The maximum Gasteiger partial charge on any atom is 0.241 e. The molecule has 2 aromatic rings. The number of carbonyl (C=O) groups is 1. The molecule has 0 aromatic heterocycles. The molecule has 0 fully saturated rings. The molecule has 0 aliphatic rings. The maximum absolute atomic E-state index is 12.9. The number of ether oxygens (including phenoxy) is 1. The van der Waals surface area contributed by atoms with Gasteiger partial charge >= 0.3 is 0 Å². The monoisotopic (exact) mass is 316 g/mol. The fraction of sp³-hybridized carbons (Fsp3) is 0.278. The van der Waals surface area contributed by atoms with Gasteiger partial charge in [0, 0.05) is 13.6 Å². The van der Waals surface area contributed by atoms with Crippen LogP contribution in [0.5, 0.6) is 5.75 Å². The summed E-state index contributed by atoms with van der Waals surface area (Å²) in [5.74, 6) is 0.390. The van der Waals surface area contributed by atoms with Crippen LogP contribution < -0.4 is 10.1 Å². The second-order valence-electron chi connectivity index (χ2n) is 5.16. The molecule has 0 aliphatic heterocycles. The van der Waals surface area contributed by atoms with Crippen molar-refractivity contribution in [3.8, 4) is 5.75 Å². The van der Waals surface area contributed by atoms with Crippen LogP contribution in [0.25, 0.3) is 0 Å². The van der Waals surface area contributed by atoms with E-state index in [1.165, 1.54) is 12.1 Å². The quantitative estimate of drug-likeness (QED) is 0.852. The van der Waals surface area contributed by atoms with Gasteiger partial charge in [0.25, 0.3) is 0 Å². The van der Waals surface area contributed by atoms with E-state index in [2.05, 4.69) is 5.32 Å². The van der Waals surface area contributed by atoms with Crippen LogP contribution in [0.2, 0.25) is 0 Å². The van der Waals surface area contributed by atoms with Crippen LogP contribution in [0, 0.1) is 5.82 Å². The minimum atomic E-state index is -0.281. The van der Waals surface area contributed by atoms with Crippen LogP contribution in [0.4, 0.5) is 10.1 Å². The third-order valence-electron chi connectivity index (χ3n) is 3.38. The summed E-state index contributed by atoms with van der Waals surface area (Å²) in [6.07, 6.45) is 0. The number of nitrogens with zero attached hydrogens (tertiary/aromatic N) is 1. The topological polar surface area (TPSA) is 41.6 Å². The molecular weight excluding hydrogens is 295 g/mol. The number of carbonyl (C=O) groups excluding carboxylic acids is 1. The highest BCUT2D eigenvalue weighted by atomic mass is 19.1. The van der Waals surface area contributed by atoms with E-state index in [-0.39, 0.29) is 18.3 Å². The van der Waals surface area contributed by atoms with E-state index >= 15 is 0 Å². The molecule has 0 atom stereocenters. The van der Waals surface area contributed by atoms with Gasteiger partial charge in [-0.2, -0.15) is 0 Å². The Hall–Kier alpha value is -2.56. The average molecular weight is 316 g/mol. The zero-order chi connectivity index (χ0) is 16.7. The summed E-state index contributed by atoms with van der Waals surface area (Å²) >= 11 is 0. The summed E-state index contributed by atoms with van der Waals surface area (Å²) in [5, 5.41) is 3.10. The van der Waals surface area contributed by atoms with Crippen molar-refractivity contribution in [1.29, 1.82) is 0 Å². The number of likely N-dealkylation sites (N-methyl/N-ethyl adjacent to an activating group) is 1. The molecule has 1 amide bonds. The van der Waals surface area contributed by atoms with Crippen LogP contribution in [-0.4, -0.2) is 31.0 Å². The minimum Gasteiger partial charge on any atom is -0.492 e. The van der Waals surface area contributed by atoms with Crippen molar-refractivity contribution in [3.05, 3.63) is 59.9 Å². The first-order valence-corrected chi connectivity index (χ1v) is 7.54. The van der Waals surface area contributed by atoms with Crippen molar-refractivity contribution >= 4 is 11.6 Å². The second kappa shape index (κ2) is 8.17. The van der Waals surface area contributed by atoms with E-state index in [4.69, 9.17) is 4.74 Å². The van der Waals surface area contributed by atoms with Gasteiger partial charge in [0.2, 0.25) is 5.91 Å². The Kier molecular flexibility index (Phi) is 5.97. The van der Waals surface area contributed by atoms with Crippen molar-refractivity contribution in [3.63, 3.8) is 0 Å². The fourth-order valence-corrected chi connectivity index (χ4v) is 2.15. The average Bonchev–Trinajstić information content (AvgIpc) is 2.56. The van der Waals surface area contributed by atoms with Crippen LogP contribution in [0.1, 0.15) is 12.5 Å². The second-order valence-corrected chi connectivity index (χ2v) is 5.16. The number of benzene rings is 2. The SMILES string of the molecule is CCOc1ccccc1NCC(=O)N(C)Cc1ccc(F)cc1. The molecule has 0 bridgehead atoms. The van der Waals surface area contributed by atoms with Crippen molar-refractivity contribution in [1.82, 2.24) is 4.90 Å². The summed E-state index contributed by atoms with van der Waals surface area (Å²) in [6.45, 7) is 3.09. The Morgan fingerprint density at radius 2 is 1.87 bits per heavy atom. The van der Waals surface area contributed by atoms with Crippen molar-refractivity contribution in [2.75, 3.05) is 25.5 Å². The summed E-state index contributed by atoms with van der Waals surface area (Å²) in [4.78, 5) is 13.8. The largest absolute Gasteiger partial charge is 0.492 e. The Morgan fingerprint density at radius 1 is 1.17 bits per heavy atom. The first-order valence-electron chi connectivity index (χ1n) is 7.54. The highest BCUT2D eigenvalue weighted by Crippen LogP contribution is 2.23. The summed E-state index contributed by atoms with van der Waals surface area (Å²) in [6, 6.07) is 13.6. The molecule has 0 saturated carbocycles. The van der Waals surface area contributed by atoms with E-state index in [1.807, 2.05) is 31.2 Å². The number of amides is 1. The first-order chi connectivity index (χ1) is 11.1. The highest BCUT2D eigenvalue weighted by Gasteiger charge is 2.10. The lowest BCUT2D eigenvalue weighted by Gasteiger charge is -2.19. The van der Waals surface area contributed by atoms with Crippen LogP contribution in [0.3, 0.4) is 0 Å². The van der Waals surface area contributed by atoms with Gasteiger partial charge in [-0.05, 0) is 36.8 Å². The van der Waals surface area contributed by atoms with Gasteiger partial charge in [-0.3, -0.25) is 4.79 Å². The molecule has 0 spiro atoms. The summed E-state index contributed by atoms with van der Waals surface area (Å²) in [5.41, 5.74) is 1.68. The van der Waals surface area contributed by atoms with Gasteiger partial charge < -0.3 is 15.0 Å². The van der Waals surface area contributed by atoms with E-state index < -0.39 is 0 Å². The lowest BCUT2D eigenvalue weighted by Crippen LogP contribution is -2.31.